The van der Waals surface area contributed by atoms with Crippen molar-refractivity contribution in [1.82, 2.24) is 14.3 Å². The summed E-state index contributed by atoms with van der Waals surface area (Å²) in [7, 11) is 1.80. The lowest BCUT2D eigenvalue weighted by Crippen LogP contribution is -2.35. The molecule has 3 rings (SSSR count). The van der Waals surface area contributed by atoms with Crippen LogP contribution in [0, 0.1) is 6.92 Å². The fraction of sp³-hybridized carbons (Fsp3) is 0.263. The molecule has 1 aromatic carbocycles. The summed E-state index contributed by atoms with van der Waals surface area (Å²) in [4.78, 5) is 28.3. The zero-order valence-corrected chi connectivity index (χ0v) is 17.0. The van der Waals surface area contributed by atoms with E-state index in [1.54, 1.807) is 21.3 Å². The number of rotatable bonds is 5. The first-order valence-electron chi connectivity index (χ1n) is 8.56. The number of nitrogens with one attached hydrogen (secondary N) is 1. The molecular formula is C19H21ClN4O2S. The Morgan fingerprint density at radius 2 is 1.93 bits per heavy atom. The van der Waals surface area contributed by atoms with Gasteiger partial charge in [0.1, 0.15) is 5.69 Å². The van der Waals surface area contributed by atoms with Gasteiger partial charge in [-0.3, -0.25) is 9.48 Å². The molecule has 142 valence electrons. The molecule has 8 heteroatoms. The minimum absolute atomic E-state index is 0.259. The van der Waals surface area contributed by atoms with E-state index in [0.717, 1.165) is 10.6 Å². The number of nitrogens with zero attached hydrogens (tertiary/aromatic N) is 3. The maximum atomic E-state index is 12.9. The molecule has 0 unspecified atom stereocenters. The Bertz CT molecular complexity index is 1010. The molecule has 0 bridgehead atoms. The van der Waals surface area contributed by atoms with Crippen LogP contribution in [0.4, 0.5) is 10.5 Å². The summed E-state index contributed by atoms with van der Waals surface area (Å²) in [6.07, 6.45) is 0. The molecule has 0 aliphatic carbocycles. The van der Waals surface area contributed by atoms with Crippen LogP contribution in [0.3, 0.4) is 0 Å². The molecule has 0 saturated heterocycles. The first kappa shape index (κ1) is 19.3. The van der Waals surface area contributed by atoms with Gasteiger partial charge in [0, 0.05) is 18.5 Å². The van der Waals surface area contributed by atoms with Crippen molar-refractivity contribution >= 4 is 34.7 Å². The van der Waals surface area contributed by atoms with E-state index in [-0.39, 0.29) is 17.3 Å². The van der Waals surface area contributed by atoms with E-state index in [0.29, 0.717) is 23.1 Å². The summed E-state index contributed by atoms with van der Waals surface area (Å²) in [5.41, 5.74) is 1.46. The molecule has 2 amide bonds. The number of hydrogen-bond acceptors (Lipinski definition) is 3. The SMILES string of the molecule is CCN(Cc1ccc(Cl)s1)C(=O)Nc1c(C)n(C)n(-c2ccccc2)c1=O. The average molecular weight is 405 g/mol. The number of para-hydroxylation sites is 1. The lowest BCUT2D eigenvalue weighted by molar-refractivity contribution is 0.212. The molecule has 27 heavy (non-hydrogen) atoms. The van der Waals surface area contributed by atoms with Crippen LogP contribution in [-0.4, -0.2) is 26.8 Å². The van der Waals surface area contributed by atoms with E-state index in [4.69, 9.17) is 11.6 Å². The van der Waals surface area contributed by atoms with Gasteiger partial charge in [0.15, 0.2) is 0 Å². The first-order valence-corrected chi connectivity index (χ1v) is 9.76. The highest BCUT2D eigenvalue weighted by molar-refractivity contribution is 7.16. The molecule has 2 heterocycles. The zero-order valence-electron chi connectivity index (χ0n) is 15.4. The van der Waals surface area contributed by atoms with Crippen LogP contribution >= 0.6 is 22.9 Å². The topological polar surface area (TPSA) is 59.3 Å². The monoisotopic (exact) mass is 404 g/mol. The first-order chi connectivity index (χ1) is 12.9. The van der Waals surface area contributed by atoms with Crippen molar-refractivity contribution < 1.29 is 4.79 Å². The Morgan fingerprint density at radius 1 is 1.22 bits per heavy atom. The quantitative estimate of drug-likeness (QED) is 0.690. The number of anilines is 1. The van der Waals surface area contributed by atoms with E-state index >= 15 is 0 Å². The van der Waals surface area contributed by atoms with E-state index in [1.807, 2.05) is 56.3 Å². The molecular weight excluding hydrogens is 384 g/mol. The van der Waals surface area contributed by atoms with Gasteiger partial charge in [-0.05, 0) is 38.1 Å². The van der Waals surface area contributed by atoms with Crippen LogP contribution in [0.15, 0.2) is 47.3 Å². The van der Waals surface area contributed by atoms with Gasteiger partial charge < -0.3 is 10.2 Å². The van der Waals surface area contributed by atoms with Gasteiger partial charge in [0.2, 0.25) is 0 Å². The molecule has 0 atom stereocenters. The van der Waals surface area contributed by atoms with E-state index in [9.17, 15) is 9.59 Å². The van der Waals surface area contributed by atoms with Crippen molar-refractivity contribution in [2.45, 2.75) is 20.4 Å². The Hall–Kier alpha value is -2.51. The standard InChI is InChI=1S/C19H21ClN4O2S/c1-4-23(12-15-10-11-16(20)27-15)19(26)21-17-13(2)22(3)24(18(17)25)14-8-6-5-7-9-14/h5-11H,4,12H2,1-3H3,(H,21,26). The number of hydrogen-bond donors (Lipinski definition) is 1. The van der Waals surface area contributed by atoms with Crippen LogP contribution in [0.25, 0.3) is 5.69 Å². The molecule has 0 aliphatic heterocycles. The minimum atomic E-state index is -0.312. The van der Waals surface area contributed by atoms with E-state index in [2.05, 4.69) is 5.32 Å². The van der Waals surface area contributed by atoms with Crippen molar-refractivity contribution in [1.29, 1.82) is 0 Å². The largest absolute Gasteiger partial charge is 0.322 e. The van der Waals surface area contributed by atoms with Gasteiger partial charge in [-0.25, -0.2) is 9.48 Å². The summed E-state index contributed by atoms with van der Waals surface area (Å²) in [6, 6.07) is 12.7. The summed E-state index contributed by atoms with van der Waals surface area (Å²) in [6.45, 7) is 4.67. The predicted octanol–water partition coefficient (Wildman–Crippen LogP) is 4.25. The van der Waals surface area contributed by atoms with Gasteiger partial charge >= 0.3 is 6.03 Å². The normalized spacial score (nSPS) is 10.8. The number of amides is 2. The van der Waals surface area contributed by atoms with Crippen molar-refractivity contribution in [2.75, 3.05) is 11.9 Å². The molecule has 0 spiro atoms. The van der Waals surface area contributed by atoms with Gasteiger partial charge in [-0.1, -0.05) is 29.8 Å². The van der Waals surface area contributed by atoms with Crippen LogP contribution in [0.1, 0.15) is 17.5 Å². The molecule has 1 N–H and O–H groups in total. The summed E-state index contributed by atoms with van der Waals surface area (Å²) >= 11 is 7.41. The third-order valence-electron chi connectivity index (χ3n) is 4.43. The number of carbonyl (C=O) groups excluding carboxylic acids is 1. The highest BCUT2D eigenvalue weighted by Crippen LogP contribution is 2.23. The Morgan fingerprint density at radius 3 is 2.52 bits per heavy atom. The second-order valence-corrected chi connectivity index (χ2v) is 7.89. The fourth-order valence-electron chi connectivity index (χ4n) is 2.85. The minimum Gasteiger partial charge on any atom is -0.320 e. The van der Waals surface area contributed by atoms with Gasteiger partial charge in [0.25, 0.3) is 5.56 Å². The van der Waals surface area contributed by atoms with E-state index < -0.39 is 0 Å². The lowest BCUT2D eigenvalue weighted by Gasteiger charge is -2.20. The van der Waals surface area contributed by atoms with Crippen molar-refractivity contribution in [3.05, 3.63) is 67.7 Å². The number of benzene rings is 1. The number of carbonyl (C=O) groups is 1. The zero-order chi connectivity index (χ0) is 19.6. The van der Waals surface area contributed by atoms with Crippen molar-refractivity contribution in [3.63, 3.8) is 0 Å². The Kier molecular flexibility index (Phi) is 5.72. The number of aromatic nitrogens is 2. The average Bonchev–Trinajstić information content (AvgIpc) is 3.16. The number of thiophene rings is 1. The maximum Gasteiger partial charge on any atom is 0.322 e. The lowest BCUT2D eigenvalue weighted by atomic mass is 10.3. The molecule has 2 aromatic heterocycles. The third kappa shape index (κ3) is 3.94. The summed E-state index contributed by atoms with van der Waals surface area (Å²) < 4.78 is 3.97. The van der Waals surface area contributed by atoms with Crippen molar-refractivity contribution in [2.24, 2.45) is 7.05 Å². The third-order valence-corrected chi connectivity index (χ3v) is 5.65. The van der Waals surface area contributed by atoms with Crippen molar-refractivity contribution in [3.8, 4) is 5.69 Å². The number of halogens is 1. The smallest absolute Gasteiger partial charge is 0.320 e. The second kappa shape index (κ2) is 8.02. The molecule has 0 fully saturated rings. The summed E-state index contributed by atoms with van der Waals surface area (Å²) in [5, 5.41) is 2.79. The molecule has 0 radical (unpaired) electrons. The Balaban J connectivity index is 1.86. The summed E-state index contributed by atoms with van der Waals surface area (Å²) in [5.74, 6) is 0. The second-order valence-electron chi connectivity index (χ2n) is 6.09. The van der Waals surface area contributed by atoms with Gasteiger partial charge in [-0.2, -0.15) is 0 Å². The highest BCUT2D eigenvalue weighted by atomic mass is 35.5. The van der Waals surface area contributed by atoms with Crippen LogP contribution in [0.5, 0.6) is 0 Å². The molecule has 3 aromatic rings. The maximum absolute atomic E-state index is 12.9. The highest BCUT2D eigenvalue weighted by Gasteiger charge is 2.21. The van der Waals surface area contributed by atoms with E-state index in [1.165, 1.54) is 11.3 Å². The number of urea groups is 1. The molecule has 6 nitrogen and oxygen atoms in total. The Labute approximate surface area is 166 Å². The van der Waals surface area contributed by atoms with Crippen LogP contribution < -0.4 is 10.9 Å². The van der Waals surface area contributed by atoms with Crippen LogP contribution in [-0.2, 0) is 13.6 Å². The van der Waals surface area contributed by atoms with Crippen LogP contribution in [0.2, 0.25) is 4.34 Å². The molecule has 0 saturated carbocycles. The van der Waals surface area contributed by atoms with Gasteiger partial charge in [-0.15, -0.1) is 11.3 Å². The fourth-order valence-corrected chi connectivity index (χ4v) is 3.95. The molecule has 0 aliphatic rings. The van der Waals surface area contributed by atoms with Gasteiger partial charge in [0.05, 0.1) is 22.3 Å². The predicted molar refractivity (Wildman–Crippen MR) is 110 cm³/mol.